The second kappa shape index (κ2) is 12.6. The van der Waals surface area contributed by atoms with E-state index in [1.807, 2.05) is 67.5 Å². The number of carbonyl (C=O) groups is 1. The number of hydrogen-bond acceptors (Lipinski definition) is 3. The van der Waals surface area contributed by atoms with Crippen molar-refractivity contribution < 1.29 is 27.8 Å². The van der Waals surface area contributed by atoms with Gasteiger partial charge < -0.3 is 9.84 Å². The number of Topliss-reactive ketones (excluding diaryl/α,β-unsaturated/α-hetero) is 1. The van der Waals surface area contributed by atoms with E-state index in [2.05, 4.69) is 0 Å². The van der Waals surface area contributed by atoms with Gasteiger partial charge in [-0.1, -0.05) is 34.6 Å². The number of benzene rings is 2. The first kappa shape index (κ1) is 32.3. The molecule has 0 spiro atoms. The molecule has 2 aromatic carbocycles. The summed E-state index contributed by atoms with van der Waals surface area (Å²) in [5.74, 6) is 1.29. The Hall–Kier alpha value is -4.58. The second-order valence-electron chi connectivity index (χ2n) is 12.5. The lowest BCUT2D eigenvalue weighted by molar-refractivity contribution is -0.113. The van der Waals surface area contributed by atoms with Crippen LogP contribution in [0.3, 0.4) is 0 Å². The fraction of sp³-hybridized carbons (Fsp3) is 0.263. The van der Waals surface area contributed by atoms with Crippen LogP contribution in [0, 0.1) is 17.0 Å². The number of rotatable bonds is 4. The molecule has 44 heavy (non-hydrogen) atoms. The molecule has 0 saturated carbocycles. The zero-order valence-corrected chi connectivity index (χ0v) is 26.5. The van der Waals surface area contributed by atoms with Gasteiger partial charge in [-0.15, -0.1) is 0 Å². The van der Waals surface area contributed by atoms with Crippen molar-refractivity contribution in [2.75, 3.05) is 0 Å². The Kier molecular flexibility index (Phi) is 9.24. The third kappa shape index (κ3) is 7.13. The van der Waals surface area contributed by atoms with Crippen molar-refractivity contribution in [2.45, 2.75) is 60.8 Å². The summed E-state index contributed by atoms with van der Waals surface area (Å²) in [5, 5.41) is 11.0. The maximum Gasteiger partial charge on any atom is 0.360 e. The summed E-state index contributed by atoms with van der Waals surface area (Å²) in [6.45, 7) is 16.0. The SMILES string of the molecule is CC.CC(C)(C)C1=CC(=CC2=C(O)C(=Cc3cc(-c4ccc(F)cc4)[o+]c(C(C)(C)C)c3)C2=O)C=C(c2ccc(F)cc2)O1. The van der Waals surface area contributed by atoms with E-state index < -0.39 is 0 Å². The molecule has 6 heteroatoms. The van der Waals surface area contributed by atoms with E-state index in [9.17, 15) is 18.7 Å². The van der Waals surface area contributed by atoms with Gasteiger partial charge in [0.05, 0.1) is 28.2 Å². The van der Waals surface area contributed by atoms with Gasteiger partial charge in [-0.25, -0.2) is 13.2 Å². The third-order valence-corrected chi connectivity index (χ3v) is 6.99. The summed E-state index contributed by atoms with van der Waals surface area (Å²) in [4.78, 5) is 13.3. The van der Waals surface area contributed by atoms with Crippen LogP contribution >= 0.6 is 0 Å². The van der Waals surface area contributed by atoms with E-state index in [0.29, 0.717) is 45.3 Å². The molecule has 0 bridgehead atoms. The molecule has 1 aliphatic heterocycles. The summed E-state index contributed by atoms with van der Waals surface area (Å²) in [6.07, 6.45) is 6.88. The molecule has 1 N–H and O–H groups in total. The van der Waals surface area contributed by atoms with Gasteiger partial charge in [-0.05, 0) is 105 Å². The van der Waals surface area contributed by atoms with Crippen molar-refractivity contribution in [3.8, 4) is 11.3 Å². The molecule has 3 aromatic rings. The van der Waals surface area contributed by atoms with Crippen molar-refractivity contribution in [3.05, 3.63) is 136 Å². The van der Waals surface area contributed by atoms with Crippen LogP contribution in [0.5, 0.6) is 0 Å². The number of ketones is 1. The number of aliphatic hydroxyl groups is 1. The largest absolute Gasteiger partial charge is 0.506 e. The minimum Gasteiger partial charge on any atom is -0.506 e. The van der Waals surface area contributed by atoms with Gasteiger partial charge in [0.25, 0.3) is 0 Å². The maximum atomic E-state index is 13.5. The van der Waals surface area contributed by atoms with E-state index in [1.165, 1.54) is 24.3 Å². The van der Waals surface area contributed by atoms with Gasteiger partial charge in [0, 0.05) is 17.0 Å². The molecular formula is C38H39F2O4+. The molecule has 4 nitrogen and oxygen atoms in total. The monoisotopic (exact) mass is 597 g/mol. The zero-order valence-electron chi connectivity index (χ0n) is 26.5. The van der Waals surface area contributed by atoms with Crippen LogP contribution in [-0.2, 0) is 14.9 Å². The number of hydrogen-bond donors (Lipinski definition) is 1. The molecule has 0 fully saturated rings. The number of allylic oxidation sites excluding steroid dienone is 7. The average molecular weight is 598 g/mol. The van der Waals surface area contributed by atoms with Crippen molar-refractivity contribution in [1.29, 1.82) is 0 Å². The van der Waals surface area contributed by atoms with Gasteiger partial charge in [0.1, 0.15) is 28.9 Å². The Bertz CT molecular complexity index is 1720. The average Bonchev–Trinajstić information content (AvgIpc) is 2.99. The Morgan fingerprint density at radius 2 is 1.34 bits per heavy atom. The van der Waals surface area contributed by atoms with Crippen LogP contribution in [-0.4, -0.2) is 10.9 Å². The molecule has 228 valence electrons. The van der Waals surface area contributed by atoms with E-state index in [-0.39, 0.29) is 45.2 Å². The quantitative estimate of drug-likeness (QED) is 0.240. The van der Waals surface area contributed by atoms with Gasteiger partial charge in [-0.2, -0.15) is 0 Å². The van der Waals surface area contributed by atoms with Crippen molar-refractivity contribution >= 4 is 17.6 Å². The van der Waals surface area contributed by atoms with Crippen molar-refractivity contribution in [2.24, 2.45) is 5.41 Å². The van der Waals surface area contributed by atoms with Crippen molar-refractivity contribution in [3.63, 3.8) is 0 Å². The Labute approximate surface area is 258 Å². The standard InChI is InChI=1S/C36H32F2O4.C2H6/c1-35(2,3)31-19-21(17-29(41-31)23-7-11-25(37)12-8-23)15-27-33(39)28(34(27)40)16-22-18-30(24-9-13-26(38)14-10-24)42-32(20-22)36(4,5)6;1-2/h7-20H,1-6H3;1-2H3/p+1. The van der Waals surface area contributed by atoms with Crippen LogP contribution in [0.1, 0.15) is 72.3 Å². The molecule has 0 radical (unpaired) electrons. The summed E-state index contributed by atoms with van der Waals surface area (Å²) >= 11 is 0. The molecule has 2 heterocycles. The number of ether oxygens (including phenoxy) is 1. The Morgan fingerprint density at radius 3 is 1.86 bits per heavy atom. The van der Waals surface area contributed by atoms with Crippen LogP contribution in [0.2, 0.25) is 0 Å². The first-order chi connectivity index (χ1) is 20.7. The fourth-order valence-electron chi connectivity index (χ4n) is 4.51. The lowest BCUT2D eigenvalue weighted by Gasteiger charge is -2.28. The zero-order chi connectivity index (χ0) is 32.4. The van der Waals surface area contributed by atoms with Gasteiger partial charge in [-0.3, -0.25) is 4.79 Å². The molecule has 0 unspecified atom stereocenters. The molecule has 0 amide bonds. The summed E-state index contributed by atoms with van der Waals surface area (Å²) in [5.41, 5.74) is 2.43. The molecule has 1 aliphatic carbocycles. The highest BCUT2D eigenvalue weighted by Gasteiger charge is 2.34. The molecule has 2 aliphatic rings. The molecular weight excluding hydrogens is 558 g/mol. The summed E-state index contributed by atoms with van der Waals surface area (Å²) in [7, 11) is 0. The van der Waals surface area contributed by atoms with E-state index in [4.69, 9.17) is 9.15 Å². The maximum absolute atomic E-state index is 13.5. The Morgan fingerprint density at radius 1 is 0.773 bits per heavy atom. The minimum absolute atomic E-state index is 0.108. The Balaban J connectivity index is 0.00000216. The third-order valence-electron chi connectivity index (χ3n) is 6.99. The highest BCUT2D eigenvalue weighted by atomic mass is 19.1. The van der Waals surface area contributed by atoms with E-state index >= 15 is 0 Å². The van der Waals surface area contributed by atoms with Gasteiger partial charge in [0.2, 0.25) is 5.78 Å². The molecule has 5 rings (SSSR count). The highest BCUT2D eigenvalue weighted by Crippen LogP contribution is 2.39. The number of aliphatic hydroxyl groups excluding tert-OH is 1. The summed E-state index contributed by atoms with van der Waals surface area (Å²) < 4.78 is 39.3. The smallest absolute Gasteiger partial charge is 0.360 e. The lowest BCUT2D eigenvalue weighted by Crippen LogP contribution is -2.21. The normalized spacial score (nSPS) is 17.0. The van der Waals surface area contributed by atoms with Crippen LogP contribution < -0.4 is 0 Å². The predicted molar refractivity (Wildman–Crippen MR) is 172 cm³/mol. The minimum atomic E-state index is -0.349. The van der Waals surface area contributed by atoms with Gasteiger partial charge in [0.15, 0.2) is 0 Å². The second-order valence-corrected chi connectivity index (χ2v) is 12.5. The van der Waals surface area contributed by atoms with Crippen molar-refractivity contribution in [1.82, 2.24) is 0 Å². The fourth-order valence-corrected chi connectivity index (χ4v) is 4.51. The molecule has 0 saturated heterocycles. The number of halogens is 2. The lowest BCUT2D eigenvalue weighted by atomic mass is 9.84. The molecule has 0 atom stereocenters. The first-order valence-corrected chi connectivity index (χ1v) is 14.7. The van der Waals surface area contributed by atoms with Crippen LogP contribution in [0.15, 0.2) is 112 Å². The van der Waals surface area contributed by atoms with Crippen LogP contribution in [0.4, 0.5) is 8.78 Å². The summed E-state index contributed by atoms with van der Waals surface area (Å²) in [6, 6.07) is 15.6. The molecule has 1 aromatic heterocycles. The predicted octanol–water partition coefficient (Wildman–Crippen LogP) is 10.5. The van der Waals surface area contributed by atoms with E-state index in [1.54, 1.807) is 48.6 Å². The van der Waals surface area contributed by atoms with E-state index in [0.717, 1.165) is 0 Å². The topological polar surface area (TPSA) is 57.8 Å². The van der Waals surface area contributed by atoms with Gasteiger partial charge >= 0.3 is 11.5 Å². The van der Waals surface area contributed by atoms with Crippen LogP contribution in [0.25, 0.3) is 23.2 Å². The first-order valence-electron chi connectivity index (χ1n) is 14.7. The number of carbonyl (C=O) groups excluding carboxylic acids is 1. The highest BCUT2D eigenvalue weighted by molar-refractivity contribution is 6.23.